The van der Waals surface area contributed by atoms with Gasteiger partial charge in [-0.15, -0.1) is 0 Å². The third-order valence-corrected chi connectivity index (χ3v) is 4.72. The molecule has 0 saturated carbocycles. The molecule has 1 unspecified atom stereocenters. The molecule has 116 valence electrons. The number of fused-ring (bicyclic) bond motifs is 1. The Morgan fingerprint density at radius 1 is 1.24 bits per heavy atom. The summed E-state index contributed by atoms with van der Waals surface area (Å²) >= 11 is 1.98. The van der Waals surface area contributed by atoms with Gasteiger partial charge < -0.3 is 9.73 Å². The lowest BCUT2D eigenvalue weighted by Crippen LogP contribution is -2.25. The van der Waals surface area contributed by atoms with E-state index < -0.39 is 0 Å². The number of hydrogen-bond acceptors (Lipinski definition) is 3. The van der Waals surface area contributed by atoms with E-state index in [1.165, 1.54) is 10.9 Å². The molecule has 0 saturated heterocycles. The predicted molar refractivity (Wildman–Crippen MR) is 94.2 cm³/mol. The van der Waals surface area contributed by atoms with Crippen molar-refractivity contribution < 1.29 is 4.42 Å². The summed E-state index contributed by atoms with van der Waals surface area (Å²) in [4.78, 5) is 0. The van der Waals surface area contributed by atoms with Gasteiger partial charge in [-0.25, -0.2) is 0 Å². The largest absolute Gasteiger partial charge is 0.459 e. The van der Waals surface area contributed by atoms with Gasteiger partial charge in [-0.05, 0) is 38.1 Å². The fraction of sp³-hybridized carbons (Fsp3) is 0.556. The van der Waals surface area contributed by atoms with Crippen LogP contribution in [0.4, 0.5) is 0 Å². The Morgan fingerprint density at radius 2 is 2.00 bits per heavy atom. The van der Waals surface area contributed by atoms with Gasteiger partial charge in [-0.2, -0.15) is 11.8 Å². The minimum Gasteiger partial charge on any atom is -0.459 e. The molecule has 0 amide bonds. The second-order valence-corrected chi connectivity index (χ2v) is 8.47. The normalized spacial score (nSPS) is 13.8. The summed E-state index contributed by atoms with van der Waals surface area (Å²) in [6.07, 6.45) is 1.13. The van der Waals surface area contributed by atoms with Crippen molar-refractivity contribution in [3.63, 3.8) is 0 Å². The maximum absolute atomic E-state index is 6.07. The van der Waals surface area contributed by atoms with E-state index in [1.54, 1.807) is 0 Å². The Labute approximate surface area is 132 Å². The molecule has 1 heterocycles. The molecule has 1 aromatic carbocycles. The fourth-order valence-corrected chi connectivity index (χ4v) is 3.20. The zero-order chi connectivity index (χ0) is 15.5. The van der Waals surface area contributed by atoms with Gasteiger partial charge in [0.25, 0.3) is 0 Å². The van der Waals surface area contributed by atoms with E-state index in [1.807, 2.05) is 11.8 Å². The molecule has 2 aromatic rings. The second-order valence-electron chi connectivity index (χ2n) is 6.62. The van der Waals surface area contributed by atoms with Crippen LogP contribution in [0.2, 0.25) is 0 Å². The van der Waals surface area contributed by atoms with E-state index in [0.717, 1.165) is 30.1 Å². The van der Waals surface area contributed by atoms with Crippen molar-refractivity contribution in [3.05, 3.63) is 35.6 Å². The van der Waals surface area contributed by atoms with Gasteiger partial charge in [0.05, 0.1) is 6.04 Å². The van der Waals surface area contributed by atoms with Crippen LogP contribution in [0.15, 0.2) is 28.7 Å². The Kier molecular flexibility index (Phi) is 5.39. The minimum absolute atomic E-state index is 0.273. The number of hydrogen-bond donors (Lipinski definition) is 1. The van der Waals surface area contributed by atoms with Crippen molar-refractivity contribution in [3.8, 4) is 0 Å². The molecule has 2 nitrogen and oxygen atoms in total. The summed E-state index contributed by atoms with van der Waals surface area (Å²) in [6, 6.07) is 8.84. The molecule has 0 bridgehead atoms. The SMILES string of the molecule is CCCNC(CSC(C)(C)C)c1cc2cc(C)ccc2o1. The molecule has 0 radical (unpaired) electrons. The van der Waals surface area contributed by atoms with Gasteiger partial charge in [0.15, 0.2) is 0 Å². The highest BCUT2D eigenvalue weighted by Crippen LogP contribution is 2.31. The summed E-state index contributed by atoms with van der Waals surface area (Å²) < 4.78 is 6.34. The topological polar surface area (TPSA) is 25.2 Å². The van der Waals surface area contributed by atoms with E-state index in [4.69, 9.17) is 4.42 Å². The molecular formula is C18H27NOS. The van der Waals surface area contributed by atoms with Crippen LogP contribution in [0.5, 0.6) is 0 Å². The standard InChI is InChI=1S/C18H27NOS/c1-6-9-19-15(12-21-18(3,4)5)17-11-14-10-13(2)7-8-16(14)20-17/h7-8,10-11,15,19H,6,9,12H2,1-5H3. The molecule has 3 heteroatoms. The van der Waals surface area contributed by atoms with E-state index in [-0.39, 0.29) is 10.8 Å². The van der Waals surface area contributed by atoms with Crippen LogP contribution >= 0.6 is 11.8 Å². The quantitative estimate of drug-likeness (QED) is 0.782. The molecule has 2 rings (SSSR count). The van der Waals surface area contributed by atoms with E-state index in [2.05, 4.69) is 64.2 Å². The first-order chi connectivity index (χ1) is 9.89. The molecule has 0 aliphatic heterocycles. The van der Waals surface area contributed by atoms with Crippen LogP contribution in [0.3, 0.4) is 0 Å². The molecule has 1 N–H and O–H groups in total. The number of aryl methyl sites for hydroxylation is 1. The summed E-state index contributed by atoms with van der Waals surface area (Å²) in [5.41, 5.74) is 2.26. The monoisotopic (exact) mass is 305 g/mol. The lowest BCUT2D eigenvalue weighted by Gasteiger charge is -2.22. The average molecular weight is 305 g/mol. The van der Waals surface area contributed by atoms with Crippen molar-refractivity contribution in [1.29, 1.82) is 0 Å². The first-order valence-electron chi connectivity index (χ1n) is 7.76. The molecule has 0 aliphatic rings. The minimum atomic E-state index is 0.273. The lowest BCUT2D eigenvalue weighted by molar-refractivity contribution is 0.455. The molecule has 0 spiro atoms. The predicted octanol–water partition coefficient (Wildman–Crippen LogP) is 5.31. The van der Waals surface area contributed by atoms with Gasteiger partial charge in [0.2, 0.25) is 0 Å². The smallest absolute Gasteiger partial charge is 0.134 e. The van der Waals surface area contributed by atoms with Crippen molar-refractivity contribution in [2.24, 2.45) is 0 Å². The van der Waals surface area contributed by atoms with Gasteiger partial charge in [0, 0.05) is 15.9 Å². The second kappa shape index (κ2) is 6.89. The first kappa shape index (κ1) is 16.4. The van der Waals surface area contributed by atoms with Gasteiger partial charge in [-0.1, -0.05) is 39.3 Å². The number of nitrogens with one attached hydrogen (secondary N) is 1. The third kappa shape index (κ3) is 4.79. The summed E-state index contributed by atoms with van der Waals surface area (Å²) in [6.45, 7) is 12.1. The maximum Gasteiger partial charge on any atom is 0.134 e. The fourth-order valence-electron chi connectivity index (χ4n) is 2.25. The van der Waals surface area contributed by atoms with Crippen LogP contribution in [-0.4, -0.2) is 17.0 Å². The van der Waals surface area contributed by atoms with Crippen LogP contribution < -0.4 is 5.32 Å². The molecule has 1 aromatic heterocycles. The number of benzene rings is 1. The van der Waals surface area contributed by atoms with Crippen molar-refractivity contribution >= 4 is 22.7 Å². The Bertz CT molecular complexity index is 582. The Morgan fingerprint density at radius 3 is 2.67 bits per heavy atom. The van der Waals surface area contributed by atoms with Crippen molar-refractivity contribution in [1.82, 2.24) is 5.32 Å². The zero-order valence-corrected chi connectivity index (χ0v) is 14.6. The van der Waals surface area contributed by atoms with Gasteiger partial charge >= 0.3 is 0 Å². The third-order valence-electron chi connectivity index (χ3n) is 3.36. The number of thioether (sulfide) groups is 1. The summed E-state index contributed by atoms with van der Waals surface area (Å²) in [7, 11) is 0. The zero-order valence-electron chi connectivity index (χ0n) is 13.8. The lowest BCUT2D eigenvalue weighted by atomic mass is 10.1. The van der Waals surface area contributed by atoms with Crippen molar-refractivity contribution in [2.45, 2.75) is 51.8 Å². The van der Waals surface area contributed by atoms with Gasteiger partial charge in [-0.3, -0.25) is 0 Å². The van der Waals surface area contributed by atoms with Crippen LogP contribution in [-0.2, 0) is 0 Å². The summed E-state index contributed by atoms with van der Waals surface area (Å²) in [5.74, 6) is 2.09. The molecule has 21 heavy (non-hydrogen) atoms. The average Bonchev–Trinajstić information content (AvgIpc) is 2.80. The molecule has 0 fully saturated rings. The number of furan rings is 1. The Balaban J connectivity index is 2.20. The van der Waals surface area contributed by atoms with Crippen LogP contribution in [0.1, 0.15) is 51.5 Å². The molecule has 1 atom stereocenters. The van der Waals surface area contributed by atoms with Crippen molar-refractivity contribution in [2.75, 3.05) is 12.3 Å². The summed E-state index contributed by atoms with van der Waals surface area (Å²) in [5, 5.41) is 4.82. The van der Waals surface area contributed by atoms with E-state index >= 15 is 0 Å². The van der Waals surface area contributed by atoms with Crippen LogP contribution in [0, 0.1) is 6.92 Å². The first-order valence-corrected chi connectivity index (χ1v) is 8.75. The molecular weight excluding hydrogens is 278 g/mol. The van der Waals surface area contributed by atoms with E-state index in [9.17, 15) is 0 Å². The maximum atomic E-state index is 6.07. The van der Waals surface area contributed by atoms with Gasteiger partial charge in [0.1, 0.15) is 11.3 Å². The molecule has 0 aliphatic carbocycles. The highest BCUT2D eigenvalue weighted by atomic mass is 32.2. The highest BCUT2D eigenvalue weighted by Gasteiger charge is 2.20. The highest BCUT2D eigenvalue weighted by molar-refractivity contribution is 8.00. The number of rotatable bonds is 6. The Hall–Kier alpha value is -0.930. The van der Waals surface area contributed by atoms with Crippen LogP contribution in [0.25, 0.3) is 11.0 Å². The van der Waals surface area contributed by atoms with E-state index in [0.29, 0.717) is 0 Å².